The van der Waals surface area contributed by atoms with E-state index in [1.807, 2.05) is 0 Å². The Bertz CT molecular complexity index is 384. The van der Waals surface area contributed by atoms with Crippen LogP contribution in [0.15, 0.2) is 24.3 Å². The highest BCUT2D eigenvalue weighted by Gasteiger charge is 2.30. The number of rotatable bonds is 5. The molecule has 19 heavy (non-hydrogen) atoms. The zero-order valence-corrected chi connectivity index (χ0v) is 14.0. The average molecular weight is 372 g/mol. The molecule has 0 aromatic heterocycles. The molecular weight excluding hydrogens is 347 g/mol. The van der Waals surface area contributed by atoms with Crippen LogP contribution in [0.2, 0.25) is 0 Å². The standard InChI is InChI=1S/C16H25IN2/c1-16(13-18,19-11-3-2-4-12-19)10-9-14-5-7-15(17)8-6-14/h5-8H,2-4,9-13,18H2,1H3. The number of halogens is 1. The second kappa shape index (κ2) is 7.04. The summed E-state index contributed by atoms with van der Waals surface area (Å²) in [5.41, 5.74) is 7.68. The fourth-order valence-corrected chi connectivity index (χ4v) is 3.25. The quantitative estimate of drug-likeness (QED) is 0.803. The van der Waals surface area contributed by atoms with Crippen LogP contribution in [-0.4, -0.2) is 30.1 Å². The zero-order chi connectivity index (χ0) is 13.7. The van der Waals surface area contributed by atoms with E-state index in [-0.39, 0.29) is 5.54 Å². The summed E-state index contributed by atoms with van der Waals surface area (Å²) < 4.78 is 1.30. The number of likely N-dealkylation sites (tertiary alicyclic amines) is 1. The van der Waals surface area contributed by atoms with Gasteiger partial charge in [0.05, 0.1) is 0 Å². The first-order valence-electron chi connectivity index (χ1n) is 7.34. The first-order valence-corrected chi connectivity index (χ1v) is 8.41. The Morgan fingerprint density at radius 2 is 1.79 bits per heavy atom. The van der Waals surface area contributed by atoms with E-state index in [9.17, 15) is 0 Å². The first-order chi connectivity index (χ1) is 9.14. The molecule has 1 aromatic rings. The summed E-state index contributed by atoms with van der Waals surface area (Å²) in [6.07, 6.45) is 6.33. The summed E-state index contributed by atoms with van der Waals surface area (Å²) >= 11 is 2.36. The van der Waals surface area contributed by atoms with Gasteiger partial charge in [-0.3, -0.25) is 4.90 Å². The van der Waals surface area contributed by atoms with Gasteiger partial charge in [0.1, 0.15) is 0 Å². The highest BCUT2D eigenvalue weighted by Crippen LogP contribution is 2.25. The molecule has 0 spiro atoms. The summed E-state index contributed by atoms with van der Waals surface area (Å²) in [5, 5.41) is 0. The third kappa shape index (κ3) is 4.17. The van der Waals surface area contributed by atoms with Crippen molar-refractivity contribution in [3.05, 3.63) is 33.4 Å². The van der Waals surface area contributed by atoms with Gasteiger partial charge < -0.3 is 5.73 Å². The van der Waals surface area contributed by atoms with Gasteiger partial charge in [0.2, 0.25) is 0 Å². The number of nitrogens with zero attached hydrogens (tertiary/aromatic N) is 1. The predicted octanol–water partition coefficient (Wildman–Crippen LogP) is 3.43. The molecule has 0 amide bonds. The Kier molecular flexibility index (Phi) is 5.66. The Balaban J connectivity index is 1.95. The van der Waals surface area contributed by atoms with Gasteiger partial charge in [-0.2, -0.15) is 0 Å². The number of benzene rings is 1. The van der Waals surface area contributed by atoms with Crippen LogP contribution >= 0.6 is 22.6 Å². The Hall–Kier alpha value is -0.130. The predicted molar refractivity (Wildman–Crippen MR) is 90.4 cm³/mol. The van der Waals surface area contributed by atoms with Gasteiger partial charge in [-0.25, -0.2) is 0 Å². The molecule has 1 aromatic carbocycles. The van der Waals surface area contributed by atoms with Crippen LogP contribution in [0.4, 0.5) is 0 Å². The fourth-order valence-electron chi connectivity index (χ4n) is 2.89. The van der Waals surface area contributed by atoms with E-state index in [0.29, 0.717) is 0 Å². The lowest BCUT2D eigenvalue weighted by atomic mass is 9.89. The zero-order valence-electron chi connectivity index (χ0n) is 11.9. The second-order valence-corrected chi connectivity index (χ2v) is 7.12. The van der Waals surface area contributed by atoms with Crippen molar-refractivity contribution < 1.29 is 0 Å². The molecular formula is C16H25IN2. The second-order valence-electron chi connectivity index (χ2n) is 5.88. The maximum atomic E-state index is 6.08. The van der Waals surface area contributed by atoms with Crippen LogP contribution in [0.25, 0.3) is 0 Å². The van der Waals surface area contributed by atoms with E-state index in [1.54, 1.807) is 0 Å². The molecule has 1 atom stereocenters. The molecule has 1 heterocycles. The van der Waals surface area contributed by atoms with Crippen LogP contribution in [0.1, 0.15) is 38.2 Å². The van der Waals surface area contributed by atoms with Crippen molar-refractivity contribution in [2.45, 2.75) is 44.6 Å². The molecule has 1 fully saturated rings. The van der Waals surface area contributed by atoms with Crippen LogP contribution < -0.4 is 5.73 Å². The topological polar surface area (TPSA) is 29.3 Å². The van der Waals surface area contributed by atoms with E-state index in [1.165, 1.54) is 41.5 Å². The monoisotopic (exact) mass is 372 g/mol. The van der Waals surface area contributed by atoms with Crippen LogP contribution in [0.3, 0.4) is 0 Å². The molecule has 1 aliphatic rings. The lowest BCUT2D eigenvalue weighted by molar-refractivity contribution is 0.0797. The number of nitrogens with two attached hydrogens (primary N) is 1. The van der Waals surface area contributed by atoms with Gasteiger partial charge in [-0.1, -0.05) is 18.6 Å². The number of hydrogen-bond acceptors (Lipinski definition) is 2. The third-order valence-electron chi connectivity index (χ3n) is 4.42. The molecule has 106 valence electrons. The van der Waals surface area contributed by atoms with Crippen molar-refractivity contribution in [1.82, 2.24) is 4.90 Å². The molecule has 3 heteroatoms. The molecule has 0 radical (unpaired) electrons. The van der Waals surface area contributed by atoms with Crippen molar-refractivity contribution in [2.75, 3.05) is 19.6 Å². The van der Waals surface area contributed by atoms with E-state index >= 15 is 0 Å². The van der Waals surface area contributed by atoms with Gasteiger partial charge in [0, 0.05) is 15.7 Å². The number of hydrogen-bond donors (Lipinski definition) is 1. The van der Waals surface area contributed by atoms with Gasteiger partial charge in [0.25, 0.3) is 0 Å². The smallest absolute Gasteiger partial charge is 0.0306 e. The summed E-state index contributed by atoms with van der Waals surface area (Å²) in [6.45, 7) is 5.54. The summed E-state index contributed by atoms with van der Waals surface area (Å²) in [7, 11) is 0. The van der Waals surface area contributed by atoms with Crippen LogP contribution in [0.5, 0.6) is 0 Å². The Morgan fingerprint density at radius 3 is 2.37 bits per heavy atom. The molecule has 0 bridgehead atoms. The molecule has 1 unspecified atom stereocenters. The summed E-state index contributed by atoms with van der Waals surface area (Å²) in [5.74, 6) is 0. The van der Waals surface area contributed by atoms with Gasteiger partial charge in [-0.05, 0) is 86.0 Å². The van der Waals surface area contributed by atoms with Crippen molar-refractivity contribution >= 4 is 22.6 Å². The normalized spacial score (nSPS) is 20.2. The SMILES string of the molecule is CC(CN)(CCc1ccc(I)cc1)N1CCCCC1. The van der Waals surface area contributed by atoms with Crippen molar-refractivity contribution in [2.24, 2.45) is 5.73 Å². The number of piperidine rings is 1. The molecule has 1 aliphatic heterocycles. The Morgan fingerprint density at radius 1 is 1.16 bits per heavy atom. The minimum Gasteiger partial charge on any atom is -0.329 e. The molecule has 0 aliphatic carbocycles. The minimum absolute atomic E-state index is 0.170. The minimum atomic E-state index is 0.170. The van der Waals surface area contributed by atoms with Crippen molar-refractivity contribution in [3.63, 3.8) is 0 Å². The van der Waals surface area contributed by atoms with Gasteiger partial charge in [0.15, 0.2) is 0 Å². The van der Waals surface area contributed by atoms with E-state index in [4.69, 9.17) is 5.73 Å². The maximum Gasteiger partial charge on any atom is 0.0306 e. The van der Waals surface area contributed by atoms with Crippen LogP contribution in [0, 0.1) is 3.57 Å². The molecule has 1 saturated heterocycles. The lowest BCUT2D eigenvalue weighted by Gasteiger charge is -2.43. The van der Waals surface area contributed by atoms with Gasteiger partial charge in [-0.15, -0.1) is 0 Å². The summed E-state index contributed by atoms with van der Waals surface area (Å²) in [4.78, 5) is 2.61. The van der Waals surface area contributed by atoms with Crippen LogP contribution in [-0.2, 0) is 6.42 Å². The first kappa shape index (κ1) is 15.3. The Labute approximate surface area is 130 Å². The van der Waals surface area contributed by atoms with E-state index in [0.717, 1.165) is 19.4 Å². The molecule has 0 saturated carbocycles. The maximum absolute atomic E-state index is 6.08. The largest absolute Gasteiger partial charge is 0.329 e. The lowest BCUT2D eigenvalue weighted by Crippen LogP contribution is -2.53. The van der Waals surface area contributed by atoms with Gasteiger partial charge >= 0.3 is 0 Å². The highest BCUT2D eigenvalue weighted by molar-refractivity contribution is 14.1. The number of aryl methyl sites for hydroxylation is 1. The molecule has 2 N–H and O–H groups in total. The van der Waals surface area contributed by atoms with E-state index < -0.39 is 0 Å². The average Bonchev–Trinajstić information content (AvgIpc) is 2.47. The van der Waals surface area contributed by atoms with Crippen molar-refractivity contribution in [3.8, 4) is 0 Å². The molecule has 2 nitrogen and oxygen atoms in total. The summed E-state index contributed by atoms with van der Waals surface area (Å²) in [6, 6.07) is 8.87. The highest BCUT2D eigenvalue weighted by atomic mass is 127. The van der Waals surface area contributed by atoms with Crippen molar-refractivity contribution in [1.29, 1.82) is 0 Å². The van der Waals surface area contributed by atoms with E-state index in [2.05, 4.69) is 58.7 Å². The fraction of sp³-hybridized carbons (Fsp3) is 0.625. The third-order valence-corrected chi connectivity index (χ3v) is 5.14. The molecule has 2 rings (SSSR count).